The van der Waals surface area contributed by atoms with Crippen LogP contribution in [0.15, 0.2) is 24.3 Å². The Morgan fingerprint density at radius 3 is 2.54 bits per heavy atom. The van der Waals surface area contributed by atoms with E-state index in [-0.39, 0.29) is 12.5 Å². The highest BCUT2D eigenvalue weighted by molar-refractivity contribution is 6.30. The average molecular weight is 350 g/mol. The third-order valence-electron chi connectivity index (χ3n) is 4.64. The number of likely N-dealkylation sites (N-methyl/N-ethyl adjacent to an activating group) is 1. The molecule has 0 radical (unpaired) electrons. The second kappa shape index (κ2) is 6.09. The fraction of sp³-hybridized carbons (Fsp3) is 0.471. The van der Waals surface area contributed by atoms with E-state index in [1.807, 2.05) is 0 Å². The Kier molecular flexibility index (Phi) is 4.25. The highest BCUT2D eigenvalue weighted by Gasteiger charge is 2.49. The molecular formula is C17H20ClN3O3. The van der Waals surface area contributed by atoms with Crippen LogP contribution in [0.3, 0.4) is 0 Å². The monoisotopic (exact) mass is 349 g/mol. The van der Waals surface area contributed by atoms with E-state index in [2.05, 4.69) is 5.32 Å². The smallest absolute Gasteiger partial charge is 0.325 e. The number of halogens is 1. The summed E-state index contributed by atoms with van der Waals surface area (Å²) in [7, 11) is 1.71. The van der Waals surface area contributed by atoms with Gasteiger partial charge in [0, 0.05) is 18.6 Å². The molecule has 1 aromatic carbocycles. The fourth-order valence-corrected chi connectivity index (χ4v) is 2.99. The molecular weight excluding hydrogens is 330 g/mol. The SMILES string of the molecule is CN(CC1CC1)C(=O)CN1C(=O)N[C@@](C)(c2ccc(Cl)cc2)C1=O. The van der Waals surface area contributed by atoms with Crippen molar-refractivity contribution in [2.24, 2.45) is 5.92 Å². The minimum absolute atomic E-state index is 0.231. The van der Waals surface area contributed by atoms with Crippen molar-refractivity contribution in [3.05, 3.63) is 34.9 Å². The molecule has 24 heavy (non-hydrogen) atoms. The van der Waals surface area contributed by atoms with E-state index >= 15 is 0 Å². The van der Waals surface area contributed by atoms with Crippen LogP contribution in [-0.2, 0) is 15.1 Å². The molecule has 128 valence electrons. The summed E-state index contributed by atoms with van der Waals surface area (Å²) in [6, 6.07) is 6.18. The van der Waals surface area contributed by atoms with Crippen LogP contribution in [0.5, 0.6) is 0 Å². The molecule has 1 heterocycles. The van der Waals surface area contributed by atoms with Gasteiger partial charge in [-0.05, 0) is 43.4 Å². The molecule has 1 aliphatic heterocycles. The zero-order chi connectivity index (χ0) is 17.5. The summed E-state index contributed by atoms with van der Waals surface area (Å²) in [6.45, 7) is 2.07. The molecule has 0 aromatic heterocycles. The third kappa shape index (κ3) is 3.11. The predicted molar refractivity (Wildman–Crippen MR) is 89.4 cm³/mol. The summed E-state index contributed by atoms with van der Waals surface area (Å²) >= 11 is 5.87. The van der Waals surface area contributed by atoms with Gasteiger partial charge >= 0.3 is 6.03 Å². The van der Waals surface area contributed by atoms with Crippen molar-refractivity contribution in [2.45, 2.75) is 25.3 Å². The lowest BCUT2D eigenvalue weighted by molar-refractivity contribution is -0.138. The zero-order valence-corrected chi connectivity index (χ0v) is 14.5. The van der Waals surface area contributed by atoms with E-state index in [4.69, 9.17) is 11.6 Å². The van der Waals surface area contributed by atoms with E-state index in [1.54, 1.807) is 43.1 Å². The van der Waals surface area contributed by atoms with Gasteiger partial charge in [-0.3, -0.25) is 14.5 Å². The molecule has 1 atom stereocenters. The standard InChI is InChI=1S/C17H20ClN3O3/c1-17(12-5-7-13(18)8-6-12)15(23)21(16(24)19-17)10-14(22)20(2)9-11-3-4-11/h5-8,11H,3-4,9-10H2,1-2H3,(H,19,24)/t17-/m0/s1. The number of benzene rings is 1. The lowest BCUT2D eigenvalue weighted by Gasteiger charge is -2.23. The molecule has 1 aliphatic carbocycles. The molecule has 0 unspecified atom stereocenters. The fourth-order valence-electron chi connectivity index (χ4n) is 2.86. The van der Waals surface area contributed by atoms with Gasteiger partial charge < -0.3 is 10.2 Å². The lowest BCUT2D eigenvalue weighted by Crippen LogP contribution is -2.44. The first-order valence-electron chi connectivity index (χ1n) is 7.95. The second-order valence-electron chi connectivity index (χ2n) is 6.67. The minimum Gasteiger partial charge on any atom is -0.344 e. The number of nitrogens with zero attached hydrogens (tertiary/aromatic N) is 2. The van der Waals surface area contributed by atoms with Crippen molar-refractivity contribution < 1.29 is 14.4 Å². The molecule has 2 aliphatic rings. The van der Waals surface area contributed by atoms with Crippen LogP contribution in [0.1, 0.15) is 25.3 Å². The Morgan fingerprint density at radius 1 is 1.33 bits per heavy atom. The van der Waals surface area contributed by atoms with E-state index < -0.39 is 17.5 Å². The van der Waals surface area contributed by atoms with Crippen LogP contribution >= 0.6 is 11.6 Å². The predicted octanol–water partition coefficient (Wildman–Crippen LogP) is 1.98. The first-order valence-corrected chi connectivity index (χ1v) is 8.33. The summed E-state index contributed by atoms with van der Waals surface area (Å²) in [4.78, 5) is 39.8. The minimum atomic E-state index is -1.18. The maximum Gasteiger partial charge on any atom is 0.325 e. The van der Waals surface area contributed by atoms with Crippen LogP contribution < -0.4 is 5.32 Å². The number of urea groups is 1. The van der Waals surface area contributed by atoms with Crippen molar-refractivity contribution in [3.8, 4) is 0 Å². The van der Waals surface area contributed by atoms with Gasteiger partial charge in [0.15, 0.2) is 0 Å². The number of carbonyl (C=O) groups excluding carboxylic acids is 3. The Hall–Kier alpha value is -2.08. The maximum absolute atomic E-state index is 12.8. The van der Waals surface area contributed by atoms with Gasteiger partial charge in [0.05, 0.1) is 0 Å². The van der Waals surface area contributed by atoms with Crippen LogP contribution in [0, 0.1) is 5.92 Å². The number of nitrogens with one attached hydrogen (secondary N) is 1. The summed E-state index contributed by atoms with van der Waals surface area (Å²) in [6.07, 6.45) is 2.27. The lowest BCUT2D eigenvalue weighted by atomic mass is 9.92. The molecule has 7 heteroatoms. The Bertz CT molecular complexity index is 687. The molecule has 0 spiro atoms. The number of imide groups is 1. The first-order chi connectivity index (χ1) is 11.3. The van der Waals surface area contributed by atoms with Gasteiger partial charge in [0.25, 0.3) is 5.91 Å². The largest absolute Gasteiger partial charge is 0.344 e. The van der Waals surface area contributed by atoms with Crippen molar-refractivity contribution in [1.29, 1.82) is 0 Å². The van der Waals surface area contributed by atoms with Gasteiger partial charge in [0.1, 0.15) is 12.1 Å². The highest BCUT2D eigenvalue weighted by Crippen LogP contribution is 2.31. The van der Waals surface area contributed by atoms with Crippen LogP contribution in [0.25, 0.3) is 0 Å². The molecule has 2 fully saturated rings. The Labute approximate surface area is 145 Å². The Balaban J connectivity index is 1.73. The summed E-state index contributed by atoms with van der Waals surface area (Å²) in [5.74, 6) is -0.102. The van der Waals surface area contributed by atoms with Crippen LogP contribution in [0.4, 0.5) is 4.79 Å². The van der Waals surface area contributed by atoms with Crippen molar-refractivity contribution in [1.82, 2.24) is 15.1 Å². The quantitative estimate of drug-likeness (QED) is 0.826. The van der Waals surface area contributed by atoms with Crippen molar-refractivity contribution in [2.75, 3.05) is 20.1 Å². The van der Waals surface area contributed by atoms with Gasteiger partial charge in [-0.25, -0.2) is 4.79 Å². The molecule has 0 bridgehead atoms. The molecule has 1 saturated carbocycles. The number of hydrogen-bond acceptors (Lipinski definition) is 3. The van der Waals surface area contributed by atoms with E-state index in [0.717, 1.165) is 17.7 Å². The molecule has 3 rings (SSSR count). The van der Waals surface area contributed by atoms with Crippen LogP contribution in [0.2, 0.25) is 5.02 Å². The van der Waals surface area contributed by atoms with Gasteiger partial charge in [0.2, 0.25) is 5.91 Å². The summed E-state index contributed by atoms with van der Waals surface area (Å²) in [5, 5.41) is 3.24. The zero-order valence-electron chi connectivity index (χ0n) is 13.7. The topological polar surface area (TPSA) is 69.7 Å². The third-order valence-corrected chi connectivity index (χ3v) is 4.90. The maximum atomic E-state index is 12.8. The van der Waals surface area contributed by atoms with E-state index in [1.165, 1.54) is 0 Å². The number of amides is 4. The second-order valence-corrected chi connectivity index (χ2v) is 7.11. The average Bonchev–Trinajstić information content (AvgIpc) is 3.32. The molecule has 6 nitrogen and oxygen atoms in total. The normalized spacial score (nSPS) is 23.4. The molecule has 1 saturated heterocycles. The van der Waals surface area contributed by atoms with E-state index in [0.29, 0.717) is 23.0 Å². The van der Waals surface area contributed by atoms with Gasteiger partial charge in [-0.15, -0.1) is 0 Å². The van der Waals surface area contributed by atoms with Gasteiger partial charge in [-0.2, -0.15) is 0 Å². The molecule has 1 N–H and O–H groups in total. The van der Waals surface area contributed by atoms with E-state index in [9.17, 15) is 14.4 Å². The number of hydrogen-bond donors (Lipinski definition) is 1. The first kappa shape index (κ1) is 16.8. The number of rotatable bonds is 5. The van der Waals surface area contributed by atoms with Gasteiger partial charge in [-0.1, -0.05) is 23.7 Å². The molecule has 1 aromatic rings. The molecule has 4 amide bonds. The number of carbonyl (C=O) groups is 3. The van der Waals surface area contributed by atoms with Crippen molar-refractivity contribution in [3.63, 3.8) is 0 Å². The summed E-state index contributed by atoms with van der Waals surface area (Å²) < 4.78 is 0. The Morgan fingerprint density at radius 2 is 1.96 bits per heavy atom. The highest BCUT2D eigenvalue weighted by atomic mass is 35.5. The summed E-state index contributed by atoms with van der Waals surface area (Å²) in [5.41, 5.74) is -0.552. The van der Waals surface area contributed by atoms with Crippen molar-refractivity contribution >= 4 is 29.4 Å². The van der Waals surface area contributed by atoms with Crippen LogP contribution in [-0.4, -0.2) is 47.8 Å².